The highest BCUT2D eigenvalue weighted by Crippen LogP contribution is 2.46. The fraction of sp³-hybridized carbons (Fsp3) is 0.0154. The van der Waals surface area contributed by atoms with Crippen LogP contribution in [0.1, 0.15) is 11.1 Å². The van der Waals surface area contributed by atoms with Crippen molar-refractivity contribution in [2.75, 3.05) is 0 Å². The molecule has 0 spiro atoms. The summed E-state index contributed by atoms with van der Waals surface area (Å²) in [5.74, 6) is 0.396. The Bertz CT molecular complexity index is 3820. The van der Waals surface area contributed by atoms with E-state index in [1.165, 1.54) is 6.07 Å². The van der Waals surface area contributed by atoms with E-state index >= 15 is 13.2 Å². The minimum Gasteiger partial charge on any atom is -0.308 e. The van der Waals surface area contributed by atoms with Gasteiger partial charge in [-0.3, -0.25) is 0 Å². The van der Waals surface area contributed by atoms with E-state index in [1.54, 1.807) is 30.3 Å². The molecule has 75 heavy (non-hydrogen) atoms. The van der Waals surface area contributed by atoms with Gasteiger partial charge in [-0.2, -0.15) is 18.4 Å². The van der Waals surface area contributed by atoms with Gasteiger partial charge in [0.2, 0.25) is 0 Å². The lowest BCUT2D eigenvalue weighted by Gasteiger charge is -2.22. The molecule has 9 aromatic carbocycles. The zero-order chi connectivity index (χ0) is 51.0. The molecule has 0 saturated carbocycles. The highest BCUT2D eigenvalue weighted by atomic mass is 19.4. The third-order valence-electron chi connectivity index (χ3n) is 13.3. The normalized spacial score (nSPS) is 11.4. The van der Waals surface area contributed by atoms with Crippen LogP contribution in [-0.2, 0) is 6.18 Å². The summed E-state index contributed by atoms with van der Waals surface area (Å²) < 4.78 is 49.8. The molecule has 0 radical (unpaired) electrons. The van der Waals surface area contributed by atoms with E-state index in [2.05, 4.69) is 23.0 Å². The highest BCUT2D eigenvalue weighted by molar-refractivity contribution is 6.13. The van der Waals surface area contributed by atoms with Crippen LogP contribution in [0.25, 0.3) is 122 Å². The number of hydrogen-bond acceptors (Lipinski definition) is 5. The van der Waals surface area contributed by atoms with Crippen molar-refractivity contribution in [1.82, 2.24) is 24.5 Å². The van der Waals surface area contributed by atoms with Crippen molar-refractivity contribution in [3.63, 3.8) is 0 Å². The van der Waals surface area contributed by atoms with E-state index in [0.717, 1.165) is 55.8 Å². The molecule has 0 saturated heterocycles. The minimum atomic E-state index is -4.83. The van der Waals surface area contributed by atoms with Crippen LogP contribution in [0.5, 0.6) is 0 Å². The van der Waals surface area contributed by atoms with E-state index in [4.69, 9.17) is 26.5 Å². The van der Waals surface area contributed by atoms with Crippen molar-refractivity contribution in [3.8, 4) is 102 Å². The van der Waals surface area contributed by atoms with Crippen LogP contribution in [0.4, 0.5) is 18.9 Å². The van der Waals surface area contributed by atoms with Gasteiger partial charge >= 0.3 is 6.18 Å². The monoisotopic (exact) mass is 973 g/mol. The number of fused-ring (bicyclic) bond motifs is 3. The molecule has 10 heteroatoms. The number of benzene rings is 9. The van der Waals surface area contributed by atoms with Crippen molar-refractivity contribution in [2.24, 2.45) is 0 Å². The lowest BCUT2D eigenvalue weighted by molar-refractivity contribution is -0.137. The van der Waals surface area contributed by atoms with E-state index in [1.807, 2.05) is 180 Å². The summed E-state index contributed by atoms with van der Waals surface area (Å²) >= 11 is 0. The molecule has 12 rings (SSSR count). The molecule has 3 heterocycles. The van der Waals surface area contributed by atoms with E-state index < -0.39 is 11.7 Å². The van der Waals surface area contributed by atoms with Gasteiger partial charge in [0.25, 0.3) is 0 Å². The van der Waals surface area contributed by atoms with Crippen LogP contribution < -0.4 is 0 Å². The fourth-order valence-electron chi connectivity index (χ4n) is 9.63. The summed E-state index contributed by atoms with van der Waals surface area (Å²) in [5, 5.41) is 11.3. The van der Waals surface area contributed by atoms with Crippen LogP contribution in [0, 0.1) is 17.9 Å². The molecule has 354 valence electrons. The van der Waals surface area contributed by atoms with Gasteiger partial charge in [-0.15, -0.1) is 0 Å². The first-order chi connectivity index (χ1) is 36.7. The second-order valence-electron chi connectivity index (χ2n) is 18.0. The average molecular weight is 974 g/mol. The Morgan fingerprint density at radius 3 is 1.29 bits per heavy atom. The van der Waals surface area contributed by atoms with Crippen LogP contribution in [0.15, 0.2) is 231 Å². The van der Waals surface area contributed by atoms with E-state index in [0.29, 0.717) is 56.4 Å². The third-order valence-corrected chi connectivity index (χ3v) is 13.3. The number of rotatable bonds is 9. The average Bonchev–Trinajstić information content (AvgIpc) is 3.89. The van der Waals surface area contributed by atoms with Crippen molar-refractivity contribution < 1.29 is 13.2 Å². The Morgan fingerprint density at radius 1 is 0.413 bits per heavy atom. The van der Waals surface area contributed by atoms with Crippen molar-refractivity contribution in [3.05, 3.63) is 253 Å². The minimum absolute atomic E-state index is 0.0684. The molecule has 12 aromatic rings. The Labute approximate surface area is 429 Å². The SMILES string of the molecule is [C-]#[N+]c1ccc(-c2ccc3c(c2)c2cc(-c4ccc(C#N)cc4)ccc2n3-c2c(-c3cc(-c4ccccc4)nc(-c4ccccc4)n3)cc(C(F)(F)F)cc2-c2nc(-c3ccccc3)cc(-c3ccccc3)n2)cc1. The first-order valence-electron chi connectivity index (χ1n) is 24.0. The lowest BCUT2D eigenvalue weighted by Crippen LogP contribution is -2.11. The summed E-state index contributed by atoms with van der Waals surface area (Å²) in [4.78, 5) is 24.2. The van der Waals surface area contributed by atoms with Crippen LogP contribution in [-0.4, -0.2) is 24.5 Å². The molecule has 0 amide bonds. The summed E-state index contributed by atoms with van der Waals surface area (Å²) in [6, 6.07) is 73.0. The molecule has 3 aromatic heterocycles. The Morgan fingerprint density at radius 2 is 0.827 bits per heavy atom. The van der Waals surface area contributed by atoms with Crippen molar-refractivity contribution in [1.29, 1.82) is 5.26 Å². The Balaban J connectivity index is 1.24. The number of nitrogens with zero attached hydrogens (tertiary/aromatic N) is 7. The highest BCUT2D eigenvalue weighted by Gasteiger charge is 2.35. The van der Waals surface area contributed by atoms with E-state index in [-0.39, 0.29) is 22.6 Å². The smallest absolute Gasteiger partial charge is 0.308 e. The number of hydrogen-bond donors (Lipinski definition) is 0. The number of alkyl halides is 3. The largest absolute Gasteiger partial charge is 0.416 e. The zero-order valence-corrected chi connectivity index (χ0v) is 39.7. The quantitative estimate of drug-likeness (QED) is 0.135. The molecular weight excluding hydrogens is 936 g/mol. The zero-order valence-electron chi connectivity index (χ0n) is 39.7. The molecule has 0 aliphatic carbocycles. The molecular formula is C65H38F3N7. The fourth-order valence-corrected chi connectivity index (χ4v) is 9.63. The summed E-state index contributed by atoms with van der Waals surface area (Å²) in [6.07, 6.45) is -4.83. The summed E-state index contributed by atoms with van der Waals surface area (Å²) in [5.41, 5.74) is 10.4. The van der Waals surface area contributed by atoms with Gasteiger partial charge in [0.15, 0.2) is 17.3 Å². The second kappa shape index (κ2) is 19.0. The molecule has 0 N–H and O–H groups in total. The van der Waals surface area contributed by atoms with Crippen LogP contribution in [0.2, 0.25) is 0 Å². The molecule has 0 aliphatic rings. The molecule has 0 atom stereocenters. The van der Waals surface area contributed by atoms with Crippen molar-refractivity contribution >= 4 is 27.5 Å². The van der Waals surface area contributed by atoms with Gasteiger partial charge in [0, 0.05) is 44.2 Å². The van der Waals surface area contributed by atoms with Gasteiger partial charge in [-0.1, -0.05) is 170 Å². The number of halogens is 3. The van der Waals surface area contributed by atoms with Gasteiger partial charge in [-0.05, 0) is 82.9 Å². The Hall–Kier alpha value is -10.3. The molecule has 7 nitrogen and oxygen atoms in total. The van der Waals surface area contributed by atoms with Gasteiger partial charge in [0.1, 0.15) is 0 Å². The maximum atomic E-state index is 15.9. The molecule has 0 bridgehead atoms. The third kappa shape index (κ3) is 8.84. The maximum absolute atomic E-state index is 15.9. The molecule has 0 unspecified atom stereocenters. The molecule has 0 fully saturated rings. The second-order valence-corrected chi connectivity index (χ2v) is 18.0. The van der Waals surface area contributed by atoms with Gasteiger partial charge < -0.3 is 4.57 Å². The van der Waals surface area contributed by atoms with Crippen molar-refractivity contribution in [2.45, 2.75) is 6.18 Å². The maximum Gasteiger partial charge on any atom is 0.416 e. The van der Waals surface area contributed by atoms with Gasteiger partial charge in [0.05, 0.1) is 63.3 Å². The van der Waals surface area contributed by atoms with Crippen LogP contribution >= 0.6 is 0 Å². The predicted octanol–water partition coefficient (Wildman–Crippen LogP) is 17.1. The topological polar surface area (TPSA) is 84.6 Å². The number of aromatic nitrogens is 5. The number of nitriles is 1. The first-order valence-corrected chi connectivity index (χ1v) is 24.0. The molecule has 0 aliphatic heterocycles. The van der Waals surface area contributed by atoms with E-state index in [9.17, 15) is 5.26 Å². The lowest BCUT2D eigenvalue weighted by atomic mass is 9.96. The Kier molecular flexibility index (Phi) is 11.6. The van der Waals surface area contributed by atoms with Crippen LogP contribution in [0.3, 0.4) is 0 Å². The summed E-state index contributed by atoms with van der Waals surface area (Å²) in [6.45, 7) is 7.57. The summed E-state index contributed by atoms with van der Waals surface area (Å²) in [7, 11) is 0. The van der Waals surface area contributed by atoms with Gasteiger partial charge in [-0.25, -0.2) is 24.8 Å². The standard InChI is InChI=1S/C65H38F3N7/c1-70-51-30-26-43(27-31-51)49-29-33-61-53(35-49)52-34-48(42-24-22-41(40-69)23-25-42)28-32-60(52)75(61)62-54(59-39-58(46-18-10-4-11-19-46)71-63(74-59)47-20-12-5-13-21-47)36-50(65(66,67)68)37-55(62)64-72-56(44-14-6-2-7-15-44)38-57(73-64)45-16-8-3-9-17-45/h2-39H. The predicted molar refractivity (Wildman–Crippen MR) is 291 cm³/mol. The first kappa shape index (κ1) is 45.8.